The largest absolute Gasteiger partial charge is 0.508 e. The Hall–Kier alpha value is -5.94. The van der Waals surface area contributed by atoms with E-state index in [0.717, 1.165) is 22.0 Å². The van der Waals surface area contributed by atoms with E-state index in [1.165, 1.54) is 19.1 Å². The minimum absolute atomic E-state index is 0.160. The molecule has 0 aliphatic rings. The van der Waals surface area contributed by atoms with Gasteiger partial charge in [-0.1, -0.05) is 44.2 Å². The van der Waals surface area contributed by atoms with Gasteiger partial charge in [-0.25, -0.2) is 0 Å². The summed E-state index contributed by atoms with van der Waals surface area (Å²) in [6, 6.07) is 8.55. The van der Waals surface area contributed by atoms with Crippen molar-refractivity contribution in [2.75, 3.05) is 18.9 Å². The molecule has 64 heavy (non-hydrogen) atoms. The number of benzene rings is 2. The maximum absolute atomic E-state index is 10.6. The van der Waals surface area contributed by atoms with Crippen LogP contribution in [0, 0.1) is 5.92 Å². The van der Waals surface area contributed by atoms with Gasteiger partial charge in [0.2, 0.25) is 0 Å². The Morgan fingerprint density at radius 2 is 1.05 bits per heavy atom. The molecule has 7 atom stereocenters. The summed E-state index contributed by atoms with van der Waals surface area (Å²) in [5.41, 5.74) is 38.0. The lowest BCUT2D eigenvalue weighted by Gasteiger charge is -2.07. The highest BCUT2D eigenvalue weighted by Gasteiger charge is 2.17. The highest BCUT2D eigenvalue weighted by molar-refractivity contribution is 7.80. The standard InChI is InChI=1S/C11H12N2O2.C9H11NO3.C6H13NO2.C4H9NO3.C3H7NO3.C3H7NO2S.C2H5NO2/c12-9(11(14)15)5-7-6-13-10-4-2-1-3-8(7)10;10-8(9(12)13)5-6-1-3-7(11)4-2-6;1-4(2)3-5(7)6(8)9;1-2(6)3(5)4(7)8;4-2(1-5)3(6)7;4-2(1-7)3(5)6;3-1-2(4)5/h1-4,6,9,13H,5,12H2,(H,14,15);1-4,8,11H,5,10H2,(H,12,13);4-5H,3,7H2,1-2H3,(H,8,9);2-3,6H,5H2,1H3,(H,7,8);2,5H,1,4H2,(H,6,7);2,7H,1,4H2,(H,5,6);1,3H2,(H,4,5)/t9-;8-;5-;2-,3+;2*2-;/m000100./s1. The highest BCUT2D eigenvalue weighted by Crippen LogP contribution is 2.18. The number of carboxylic acids is 7. The smallest absolute Gasteiger partial charge is 0.323 e. The van der Waals surface area contributed by atoms with Gasteiger partial charge in [0.15, 0.2) is 0 Å². The molecule has 0 radical (unpaired) electrons. The lowest BCUT2D eigenvalue weighted by Crippen LogP contribution is -2.39. The maximum Gasteiger partial charge on any atom is 0.323 e. The molecule has 0 saturated carbocycles. The monoisotopic (exact) mass is 936 g/mol. The maximum atomic E-state index is 10.6. The fourth-order valence-corrected chi connectivity index (χ4v) is 3.73. The normalized spacial score (nSPS) is 13.2. The average molecular weight is 937 g/mol. The van der Waals surface area contributed by atoms with Gasteiger partial charge >= 0.3 is 41.8 Å². The van der Waals surface area contributed by atoms with Gasteiger partial charge < -0.3 is 96.2 Å². The van der Waals surface area contributed by atoms with Crippen molar-refractivity contribution in [1.82, 2.24) is 4.98 Å². The number of aromatic hydroxyl groups is 1. The van der Waals surface area contributed by atoms with Gasteiger partial charge in [-0.2, -0.15) is 12.6 Å². The Morgan fingerprint density at radius 3 is 1.33 bits per heavy atom. The van der Waals surface area contributed by atoms with Crippen LogP contribution in [0.25, 0.3) is 10.9 Å². The number of hydrogen-bond acceptors (Lipinski definition) is 18. The van der Waals surface area contributed by atoms with Crippen LogP contribution < -0.4 is 40.1 Å². The summed E-state index contributed by atoms with van der Waals surface area (Å²) in [6.45, 7) is 4.44. The number of phenols is 1. The zero-order chi connectivity index (χ0) is 50.9. The molecule has 2 aromatic carbocycles. The van der Waals surface area contributed by atoms with E-state index in [9.17, 15) is 33.6 Å². The summed E-state index contributed by atoms with van der Waals surface area (Å²) < 4.78 is 0. The van der Waals surface area contributed by atoms with Gasteiger partial charge in [0.05, 0.1) is 19.3 Å². The molecule has 0 fully saturated rings. The van der Waals surface area contributed by atoms with Crippen molar-refractivity contribution in [3.63, 3.8) is 0 Å². The number of hydrogen-bond donors (Lipinski definition) is 19. The predicted molar refractivity (Wildman–Crippen MR) is 236 cm³/mol. The summed E-state index contributed by atoms with van der Waals surface area (Å²) in [6.07, 6.45) is 2.00. The summed E-state index contributed by atoms with van der Waals surface area (Å²) in [5, 5.41) is 83.6. The van der Waals surface area contributed by atoms with Crippen LogP contribution in [0.1, 0.15) is 38.3 Å². The number of H-pyrrole nitrogens is 1. The summed E-state index contributed by atoms with van der Waals surface area (Å²) in [5.74, 6) is -6.53. The SMILES string of the molecule is CC(C)C[C@H](N)C(=O)O.C[C@@H](O)[C@H](N)C(=O)O.NCC(=O)O.N[C@@H](CO)C(=O)O.N[C@@H](CS)C(=O)O.N[C@@H](Cc1c[nH]c2ccccc12)C(=O)O.N[C@@H](Cc1ccc(O)cc1)C(=O)O. The van der Waals surface area contributed by atoms with Gasteiger partial charge in [0.1, 0.15) is 42.0 Å². The number of aromatic nitrogens is 1. The van der Waals surface area contributed by atoms with Crippen molar-refractivity contribution in [3.05, 3.63) is 65.9 Å². The van der Waals surface area contributed by atoms with Crippen molar-refractivity contribution in [2.24, 2.45) is 46.1 Å². The molecular weight excluding hydrogens is 873 g/mol. The van der Waals surface area contributed by atoms with E-state index in [1.807, 2.05) is 44.3 Å². The number of nitrogens with one attached hydrogen (secondary N) is 1. The second kappa shape index (κ2) is 36.5. The van der Waals surface area contributed by atoms with E-state index in [-0.39, 0.29) is 24.5 Å². The van der Waals surface area contributed by atoms with E-state index >= 15 is 0 Å². The van der Waals surface area contributed by atoms with Crippen molar-refractivity contribution in [3.8, 4) is 5.75 Å². The van der Waals surface area contributed by atoms with Crippen LogP contribution in [0.5, 0.6) is 5.75 Å². The van der Waals surface area contributed by atoms with Gasteiger partial charge in [-0.15, -0.1) is 0 Å². The van der Waals surface area contributed by atoms with Gasteiger partial charge in [-0.3, -0.25) is 33.6 Å². The number of aliphatic hydroxyl groups is 2. The summed E-state index contributed by atoms with van der Waals surface area (Å²) >= 11 is 3.65. The van der Waals surface area contributed by atoms with Gasteiger partial charge in [0.25, 0.3) is 0 Å². The summed E-state index contributed by atoms with van der Waals surface area (Å²) in [4.78, 5) is 72.7. The van der Waals surface area contributed by atoms with Crippen LogP contribution in [0.3, 0.4) is 0 Å². The lowest BCUT2D eigenvalue weighted by molar-refractivity contribution is -0.141. The molecule has 26 heteroatoms. The Morgan fingerprint density at radius 1 is 0.625 bits per heavy atom. The van der Waals surface area contributed by atoms with E-state index < -0.39 is 90.7 Å². The lowest BCUT2D eigenvalue weighted by atomic mass is 10.1. The van der Waals surface area contributed by atoms with Gasteiger partial charge in [0, 0.05) is 29.3 Å². The molecule has 0 unspecified atom stereocenters. The molecule has 0 saturated heterocycles. The minimum atomic E-state index is -1.18. The third kappa shape index (κ3) is 34.6. The molecule has 0 aliphatic heterocycles. The van der Waals surface area contributed by atoms with Crippen LogP contribution in [0.15, 0.2) is 54.7 Å². The van der Waals surface area contributed by atoms with E-state index in [1.54, 1.807) is 12.1 Å². The molecule has 0 spiro atoms. The number of rotatable bonds is 16. The molecule has 25 nitrogen and oxygen atoms in total. The molecule has 364 valence electrons. The molecule has 0 bridgehead atoms. The number of thiol groups is 1. The Kier molecular flexibility index (Phi) is 36.9. The molecule has 0 amide bonds. The molecule has 25 N–H and O–H groups in total. The zero-order valence-corrected chi connectivity index (χ0v) is 36.3. The first-order chi connectivity index (χ1) is 29.5. The first-order valence-corrected chi connectivity index (χ1v) is 19.2. The molecule has 3 rings (SSSR count). The van der Waals surface area contributed by atoms with Crippen LogP contribution in [0.4, 0.5) is 0 Å². The number of aliphatic hydroxyl groups excluding tert-OH is 2. The number of para-hydroxylation sites is 1. The molecule has 1 heterocycles. The number of carbonyl (C=O) groups is 7. The molecular formula is C38H64N8O17S. The Labute approximate surface area is 373 Å². The first-order valence-electron chi connectivity index (χ1n) is 18.6. The summed E-state index contributed by atoms with van der Waals surface area (Å²) in [7, 11) is 0. The quantitative estimate of drug-likeness (QED) is 0.0657. The Bertz CT molecular complexity index is 1800. The van der Waals surface area contributed by atoms with E-state index in [0.29, 0.717) is 18.8 Å². The molecule has 1 aromatic heterocycles. The van der Waals surface area contributed by atoms with Crippen molar-refractivity contribution < 1.29 is 84.6 Å². The Balaban J connectivity index is -0.000000339. The van der Waals surface area contributed by atoms with Crippen molar-refractivity contribution in [2.45, 2.75) is 82.4 Å². The predicted octanol–water partition coefficient (Wildman–Crippen LogP) is -2.56. The second-order valence-corrected chi connectivity index (χ2v) is 13.7. The molecule has 0 aliphatic carbocycles. The van der Waals surface area contributed by atoms with E-state index in [2.05, 4.69) is 23.3 Å². The van der Waals surface area contributed by atoms with Crippen LogP contribution in [-0.2, 0) is 46.4 Å². The highest BCUT2D eigenvalue weighted by atomic mass is 32.1. The zero-order valence-electron chi connectivity index (χ0n) is 35.4. The minimum Gasteiger partial charge on any atom is -0.508 e. The third-order valence-corrected chi connectivity index (χ3v) is 7.58. The van der Waals surface area contributed by atoms with Crippen molar-refractivity contribution >= 4 is 65.3 Å². The number of carboxylic acid groups (broad SMARTS) is 7. The van der Waals surface area contributed by atoms with E-state index in [4.69, 9.17) is 85.5 Å². The average Bonchev–Trinajstić information content (AvgIpc) is 3.63. The second-order valence-electron chi connectivity index (χ2n) is 13.4. The van der Waals surface area contributed by atoms with Crippen LogP contribution in [0.2, 0.25) is 0 Å². The first kappa shape index (κ1) is 64.7. The van der Waals surface area contributed by atoms with Crippen LogP contribution >= 0.6 is 12.6 Å². The van der Waals surface area contributed by atoms with Crippen LogP contribution in [-0.4, -0.2) is 159 Å². The molecule has 3 aromatic rings. The number of aliphatic carboxylic acids is 7. The number of aromatic amines is 1. The number of phenolic OH excluding ortho intramolecular Hbond substituents is 1. The van der Waals surface area contributed by atoms with Crippen molar-refractivity contribution in [1.29, 1.82) is 0 Å². The number of nitrogens with two attached hydrogens (primary N) is 7. The topological polar surface area (TPSA) is 520 Å². The fourth-order valence-electron chi connectivity index (χ4n) is 3.57. The number of fused-ring (bicyclic) bond motifs is 1. The fraction of sp³-hybridized carbons (Fsp3) is 0.447. The van der Waals surface area contributed by atoms with Gasteiger partial charge in [-0.05, 0) is 55.0 Å². The third-order valence-electron chi connectivity index (χ3n) is 7.19.